The number of hydrogen-bond acceptors (Lipinski definition) is 2. The van der Waals surface area contributed by atoms with Gasteiger partial charge in [0.2, 0.25) is 0 Å². The summed E-state index contributed by atoms with van der Waals surface area (Å²) in [6.45, 7) is 7.20. The van der Waals surface area contributed by atoms with Gasteiger partial charge in [-0.05, 0) is 35.9 Å². The van der Waals surface area contributed by atoms with E-state index in [4.69, 9.17) is 0 Å². The normalized spacial score (nSPS) is 13.8. The number of likely N-dealkylation sites (N-methyl/N-ethyl adjacent to an activating group) is 1. The molecular weight excluding hydrogens is 283 g/mol. The van der Waals surface area contributed by atoms with Crippen LogP contribution in [0.4, 0.5) is 13.2 Å². The van der Waals surface area contributed by atoms with Crippen LogP contribution in [0.5, 0.6) is 0 Å². The van der Waals surface area contributed by atoms with Gasteiger partial charge in [-0.15, -0.1) is 0 Å². The summed E-state index contributed by atoms with van der Waals surface area (Å²) in [5.74, 6) is 0.965. The highest BCUT2D eigenvalue weighted by Crippen LogP contribution is 2.29. The number of nitrogens with one attached hydrogen (secondary N) is 1. The zero-order valence-corrected chi connectivity index (χ0v) is 12.9. The zero-order valence-electron chi connectivity index (χ0n) is 12.1. The first kappa shape index (κ1) is 17.4. The van der Waals surface area contributed by atoms with Crippen molar-refractivity contribution in [2.45, 2.75) is 44.7 Å². The van der Waals surface area contributed by atoms with Crippen LogP contribution < -0.4 is 5.32 Å². The van der Waals surface area contributed by atoms with E-state index in [0.29, 0.717) is 11.3 Å². The molecule has 0 radical (unpaired) electrons. The largest absolute Gasteiger partial charge is 0.416 e. The molecule has 0 aromatic heterocycles. The minimum atomic E-state index is -4.26. The molecule has 0 aliphatic heterocycles. The van der Waals surface area contributed by atoms with Gasteiger partial charge in [0, 0.05) is 11.8 Å². The Morgan fingerprint density at radius 1 is 1.15 bits per heavy atom. The minimum Gasteiger partial charge on any atom is -0.313 e. The first-order chi connectivity index (χ1) is 9.32. The molecule has 1 rings (SSSR count). The molecule has 1 atom stereocenters. The Labute approximate surface area is 123 Å². The molecule has 0 saturated heterocycles. The van der Waals surface area contributed by atoms with Gasteiger partial charge in [-0.25, -0.2) is 0 Å². The van der Waals surface area contributed by atoms with Gasteiger partial charge in [-0.3, -0.25) is 0 Å². The number of alkyl halides is 3. The predicted octanol–water partition coefficient (Wildman–Crippen LogP) is 4.37. The monoisotopic (exact) mass is 305 g/mol. The molecule has 0 bridgehead atoms. The van der Waals surface area contributed by atoms with Gasteiger partial charge >= 0.3 is 6.18 Å². The Hall–Kier alpha value is -0.680. The second-order valence-electron chi connectivity index (χ2n) is 5.04. The van der Waals surface area contributed by atoms with Crippen LogP contribution in [-0.4, -0.2) is 23.6 Å². The fourth-order valence-electron chi connectivity index (χ4n) is 1.90. The molecule has 1 N–H and O–H groups in total. The van der Waals surface area contributed by atoms with Crippen molar-refractivity contribution in [3.63, 3.8) is 0 Å². The van der Waals surface area contributed by atoms with Crippen molar-refractivity contribution < 1.29 is 13.2 Å². The van der Waals surface area contributed by atoms with E-state index < -0.39 is 11.7 Å². The number of benzene rings is 1. The van der Waals surface area contributed by atoms with Crippen LogP contribution in [0.25, 0.3) is 0 Å². The van der Waals surface area contributed by atoms with E-state index in [0.717, 1.165) is 36.4 Å². The Balaban J connectivity index is 2.64. The highest BCUT2D eigenvalue weighted by atomic mass is 32.2. The standard InChI is InChI=1S/C15H22F3NS/c1-4-19-14(10-20-11(2)3)9-12-5-7-13(8-6-12)15(16,17)18/h5-8,11,14,19H,4,9-10H2,1-3H3. The average Bonchev–Trinajstić information content (AvgIpc) is 2.36. The van der Waals surface area contributed by atoms with Crippen LogP contribution >= 0.6 is 11.8 Å². The van der Waals surface area contributed by atoms with E-state index >= 15 is 0 Å². The van der Waals surface area contributed by atoms with Gasteiger partial charge in [0.15, 0.2) is 0 Å². The minimum absolute atomic E-state index is 0.295. The van der Waals surface area contributed by atoms with E-state index in [1.54, 1.807) is 12.1 Å². The SMILES string of the molecule is CCNC(CSC(C)C)Cc1ccc(C(F)(F)F)cc1. The summed E-state index contributed by atoms with van der Waals surface area (Å²) in [5, 5.41) is 3.95. The van der Waals surface area contributed by atoms with E-state index in [1.165, 1.54) is 0 Å². The van der Waals surface area contributed by atoms with Crippen LogP contribution in [0.3, 0.4) is 0 Å². The van der Waals surface area contributed by atoms with Crippen molar-refractivity contribution in [2.24, 2.45) is 0 Å². The topological polar surface area (TPSA) is 12.0 Å². The molecule has 1 aromatic carbocycles. The third-order valence-corrected chi connectivity index (χ3v) is 4.15. The van der Waals surface area contributed by atoms with E-state index in [9.17, 15) is 13.2 Å². The molecule has 0 fully saturated rings. The van der Waals surface area contributed by atoms with Gasteiger partial charge in [0.1, 0.15) is 0 Å². The summed E-state index contributed by atoms with van der Waals surface area (Å²) >= 11 is 1.86. The lowest BCUT2D eigenvalue weighted by Gasteiger charge is -2.19. The van der Waals surface area contributed by atoms with Crippen LogP contribution in [-0.2, 0) is 12.6 Å². The Morgan fingerprint density at radius 2 is 1.75 bits per heavy atom. The Bertz CT molecular complexity index is 387. The zero-order chi connectivity index (χ0) is 15.2. The van der Waals surface area contributed by atoms with Gasteiger partial charge in [0.05, 0.1) is 5.56 Å². The summed E-state index contributed by atoms with van der Waals surface area (Å²) < 4.78 is 37.5. The second kappa shape index (κ2) is 7.93. The van der Waals surface area contributed by atoms with Crippen LogP contribution in [0.2, 0.25) is 0 Å². The quantitative estimate of drug-likeness (QED) is 0.803. The van der Waals surface area contributed by atoms with E-state index in [-0.39, 0.29) is 0 Å². The molecular formula is C15H22F3NS. The lowest BCUT2D eigenvalue weighted by atomic mass is 10.0. The highest BCUT2D eigenvalue weighted by molar-refractivity contribution is 7.99. The Kier molecular flexibility index (Phi) is 6.89. The van der Waals surface area contributed by atoms with E-state index in [1.807, 2.05) is 18.7 Å². The fraction of sp³-hybridized carbons (Fsp3) is 0.600. The van der Waals surface area contributed by atoms with Crippen molar-refractivity contribution in [1.29, 1.82) is 0 Å². The third-order valence-electron chi connectivity index (χ3n) is 2.89. The van der Waals surface area contributed by atoms with Gasteiger partial charge in [0.25, 0.3) is 0 Å². The number of thioether (sulfide) groups is 1. The number of halogens is 3. The maximum atomic E-state index is 12.5. The van der Waals surface area contributed by atoms with Crippen molar-refractivity contribution in [1.82, 2.24) is 5.32 Å². The molecule has 0 saturated carbocycles. The summed E-state index contributed by atoms with van der Waals surface area (Å²) in [4.78, 5) is 0. The van der Waals surface area contributed by atoms with E-state index in [2.05, 4.69) is 19.2 Å². The van der Waals surface area contributed by atoms with Gasteiger partial charge in [-0.2, -0.15) is 24.9 Å². The first-order valence-corrected chi connectivity index (χ1v) is 7.89. The predicted molar refractivity (Wildman–Crippen MR) is 80.2 cm³/mol. The van der Waals surface area contributed by atoms with Crippen molar-refractivity contribution >= 4 is 11.8 Å². The summed E-state index contributed by atoms with van der Waals surface area (Å²) in [5.41, 5.74) is 0.353. The molecule has 114 valence electrons. The van der Waals surface area contributed by atoms with Crippen LogP contribution in [0.15, 0.2) is 24.3 Å². The molecule has 0 heterocycles. The average molecular weight is 305 g/mol. The molecule has 0 aliphatic rings. The molecule has 0 spiro atoms. The first-order valence-electron chi connectivity index (χ1n) is 6.84. The molecule has 0 aliphatic carbocycles. The van der Waals surface area contributed by atoms with Gasteiger partial charge < -0.3 is 5.32 Å². The molecule has 5 heteroatoms. The van der Waals surface area contributed by atoms with Crippen molar-refractivity contribution in [3.05, 3.63) is 35.4 Å². The molecule has 0 amide bonds. The highest BCUT2D eigenvalue weighted by Gasteiger charge is 2.29. The lowest BCUT2D eigenvalue weighted by Crippen LogP contribution is -2.33. The third kappa shape index (κ3) is 6.18. The number of rotatable bonds is 7. The van der Waals surface area contributed by atoms with Crippen molar-refractivity contribution in [3.8, 4) is 0 Å². The van der Waals surface area contributed by atoms with Crippen molar-refractivity contribution in [2.75, 3.05) is 12.3 Å². The maximum Gasteiger partial charge on any atom is 0.416 e. The molecule has 1 nitrogen and oxygen atoms in total. The van der Waals surface area contributed by atoms with Gasteiger partial charge in [-0.1, -0.05) is 32.9 Å². The molecule has 20 heavy (non-hydrogen) atoms. The number of hydrogen-bond donors (Lipinski definition) is 1. The van der Waals surface area contributed by atoms with Crippen LogP contribution in [0, 0.1) is 0 Å². The van der Waals surface area contributed by atoms with Crippen LogP contribution in [0.1, 0.15) is 31.9 Å². The second-order valence-corrected chi connectivity index (χ2v) is 6.64. The summed E-state index contributed by atoms with van der Waals surface area (Å²) in [6.07, 6.45) is -3.50. The molecule has 1 aromatic rings. The molecule has 1 unspecified atom stereocenters. The smallest absolute Gasteiger partial charge is 0.313 e. The Morgan fingerprint density at radius 3 is 2.20 bits per heavy atom. The lowest BCUT2D eigenvalue weighted by molar-refractivity contribution is -0.137. The maximum absolute atomic E-state index is 12.5. The summed E-state index contributed by atoms with van der Waals surface area (Å²) in [6, 6.07) is 5.77. The fourth-order valence-corrected chi connectivity index (χ4v) is 2.75. The summed E-state index contributed by atoms with van der Waals surface area (Å²) in [7, 11) is 0.